The standard InChI is InChI=1S/2C12H11.2ClH.Zr/c2*1-2-4-11-8-12(9-5-6-9)7-10(11)3-1;;;/h2*1-4,7-9H,5-6H2;2*1H;/q;;;;+2/p-2. The van der Waals surface area contributed by atoms with E-state index in [0.29, 0.717) is 0 Å². The van der Waals surface area contributed by atoms with Crippen molar-refractivity contribution in [2.75, 3.05) is 0 Å². The summed E-state index contributed by atoms with van der Waals surface area (Å²) in [6.45, 7) is 0. The fourth-order valence-electron chi connectivity index (χ4n) is 4.77. The van der Waals surface area contributed by atoms with E-state index in [2.05, 4.69) is 60.7 Å². The predicted octanol–water partition coefficient (Wildman–Crippen LogP) is 0.174. The van der Waals surface area contributed by atoms with E-state index in [1.165, 1.54) is 36.8 Å². The van der Waals surface area contributed by atoms with Crippen LogP contribution in [0.15, 0.2) is 59.7 Å². The Morgan fingerprint density at radius 3 is 1.41 bits per heavy atom. The molecule has 0 heterocycles. The van der Waals surface area contributed by atoms with Gasteiger partial charge in [0, 0.05) is 0 Å². The molecule has 0 aliphatic heterocycles. The summed E-state index contributed by atoms with van der Waals surface area (Å²) in [7, 11) is 0. The number of fused-ring (bicyclic) bond motifs is 2. The molecule has 136 valence electrons. The SMILES string of the molecule is C1=C(C2CC2)[CH]([Zr+2][CH]2C(C3CC3)=Cc3ccccc32)c2ccccc21.[Cl-].[Cl-]. The quantitative estimate of drug-likeness (QED) is 0.596. The van der Waals surface area contributed by atoms with E-state index in [1.54, 1.807) is 11.1 Å². The normalized spacial score (nSPS) is 24.6. The molecule has 3 heteroatoms. The minimum Gasteiger partial charge on any atom is -1.00 e. The predicted molar refractivity (Wildman–Crippen MR) is 99.8 cm³/mol. The third kappa shape index (κ3) is 3.45. The van der Waals surface area contributed by atoms with E-state index in [4.69, 9.17) is 0 Å². The number of halogens is 2. The molecule has 0 bridgehead atoms. The summed E-state index contributed by atoms with van der Waals surface area (Å²) in [5, 5.41) is 0. The van der Waals surface area contributed by atoms with Crippen molar-refractivity contribution in [2.45, 2.75) is 32.9 Å². The number of hydrogen-bond acceptors (Lipinski definition) is 0. The molecule has 6 rings (SSSR count). The van der Waals surface area contributed by atoms with Gasteiger partial charge in [-0.2, -0.15) is 0 Å². The molecule has 4 aliphatic carbocycles. The molecule has 2 unspecified atom stereocenters. The summed E-state index contributed by atoms with van der Waals surface area (Å²) in [5.74, 6) is 1.81. The summed E-state index contributed by atoms with van der Waals surface area (Å²) in [6.07, 6.45) is 10.9. The molecule has 0 nitrogen and oxygen atoms in total. The maximum Gasteiger partial charge on any atom is -1.00 e. The topological polar surface area (TPSA) is 0 Å². The van der Waals surface area contributed by atoms with Gasteiger partial charge in [-0.1, -0.05) is 0 Å². The maximum absolute atomic E-state index is 2.57. The monoisotopic (exact) mass is 470 g/mol. The molecule has 2 aromatic carbocycles. The van der Waals surface area contributed by atoms with Crippen molar-refractivity contribution in [2.24, 2.45) is 11.8 Å². The van der Waals surface area contributed by atoms with Gasteiger partial charge >= 0.3 is 162 Å². The Labute approximate surface area is 185 Å². The molecule has 2 atom stereocenters. The van der Waals surface area contributed by atoms with Crippen molar-refractivity contribution in [3.63, 3.8) is 0 Å². The summed E-state index contributed by atoms with van der Waals surface area (Å²) in [5.41, 5.74) is 10.0. The average molecular weight is 473 g/mol. The Balaban J connectivity index is 0.000000900. The van der Waals surface area contributed by atoms with E-state index < -0.39 is 23.2 Å². The number of allylic oxidation sites excluding steroid dienone is 2. The van der Waals surface area contributed by atoms with Crippen molar-refractivity contribution in [3.05, 3.63) is 81.9 Å². The number of hydrogen-bond donors (Lipinski definition) is 0. The summed E-state index contributed by atoms with van der Waals surface area (Å²) >= 11 is -0.641. The number of rotatable bonds is 4. The molecule has 0 spiro atoms. The third-order valence-electron chi connectivity index (χ3n) is 6.36. The molecule has 2 saturated carbocycles. The molecule has 2 fully saturated rings. The van der Waals surface area contributed by atoms with E-state index in [1.807, 2.05) is 11.1 Å². The molecule has 2 aromatic rings. The van der Waals surface area contributed by atoms with Crippen molar-refractivity contribution >= 4 is 12.2 Å². The first-order valence-electron chi connectivity index (χ1n) is 9.75. The minimum atomic E-state index is -0.641. The van der Waals surface area contributed by atoms with Gasteiger partial charge in [0.2, 0.25) is 0 Å². The van der Waals surface area contributed by atoms with E-state index in [9.17, 15) is 0 Å². The third-order valence-corrected chi connectivity index (χ3v) is 11.2. The average Bonchev–Trinajstić information content (AvgIpc) is 3.57. The molecule has 27 heavy (non-hydrogen) atoms. The van der Waals surface area contributed by atoms with Gasteiger partial charge in [0.15, 0.2) is 0 Å². The van der Waals surface area contributed by atoms with Crippen LogP contribution in [0.3, 0.4) is 0 Å². The molecule has 0 saturated heterocycles. The van der Waals surface area contributed by atoms with Gasteiger partial charge in [-0.3, -0.25) is 0 Å². The first-order valence-corrected chi connectivity index (χ1v) is 12.6. The van der Waals surface area contributed by atoms with Crippen LogP contribution in [0.1, 0.15) is 55.2 Å². The Morgan fingerprint density at radius 2 is 1.00 bits per heavy atom. The van der Waals surface area contributed by atoms with E-state index in [0.717, 1.165) is 19.1 Å². The van der Waals surface area contributed by atoms with Crippen LogP contribution >= 0.6 is 0 Å². The van der Waals surface area contributed by atoms with Gasteiger partial charge in [-0.25, -0.2) is 0 Å². The second-order valence-corrected chi connectivity index (χ2v) is 11.8. The Bertz CT molecular complexity index is 846. The van der Waals surface area contributed by atoms with Crippen LogP contribution in [0.25, 0.3) is 12.2 Å². The van der Waals surface area contributed by atoms with Gasteiger partial charge in [-0.15, -0.1) is 0 Å². The zero-order chi connectivity index (χ0) is 16.4. The van der Waals surface area contributed by atoms with Crippen LogP contribution in [0, 0.1) is 11.8 Å². The largest absolute Gasteiger partial charge is 1.00 e. The van der Waals surface area contributed by atoms with Gasteiger partial charge in [0.1, 0.15) is 0 Å². The fourth-order valence-corrected chi connectivity index (χ4v) is 10.3. The van der Waals surface area contributed by atoms with Gasteiger partial charge in [0.05, 0.1) is 0 Å². The first kappa shape index (κ1) is 19.7. The summed E-state index contributed by atoms with van der Waals surface area (Å²) in [6, 6.07) is 18.5. The van der Waals surface area contributed by atoms with Crippen LogP contribution in [0.5, 0.6) is 0 Å². The zero-order valence-electron chi connectivity index (χ0n) is 15.2. The van der Waals surface area contributed by atoms with Gasteiger partial charge in [-0.05, 0) is 0 Å². The number of benzene rings is 2. The first-order chi connectivity index (χ1) is 12.4. The molecular weight excluding hydrogens is 450 g/mol. The second-order valence-electron chi connectivity index (χ2n) is 8.13. The summed E-state index contributed by atoms with van der Waals surface area (Å²) in [4.78, 5) is 0. The van der Waals surface area contributed by atoms with E-state index in [-0.39, 0.29) is 24.8 Å². The Morgan fingerprint density at radius 1 is 0.593 bits per heavy atom. The van der Waals surface area contributed by atoms with Crippen LogP contribution < -0.4 is 24.8 Å². The molecule has 0 aromatic heterocycles. The Hall–Kier alpha value is -0.617. The summed E-state index contributed by atoms with van der Waals surface area (Å²) < 4.78 is 1.62. The van der Waals surface area contributed by atoms with Crippen molar-refractivity contribution in [1.29, 1.82) is 0 Å². The molecule has 0 amide bonds. The van der Waals surface area contributed by atoms with Crippen LogP contribution in [-0.4, -0.2) is 0 Å². The van der Waals surface area contributed by atoms with Crippen LogP contribution in [-0.2, 0) is 23.2 Å². The van der Waals surface area contributed by atoms with Crippen LogP contribution in [0.4, 0.5) is 0 Å². The molecule has 0 N–H and O–H groups in total. The smallest absolute Gasteiger partial charge is 1.00 e. The Kier molecular flexibility index (Phi) is 5.59. The van der Waals surface area contributed by atoms with Crippen molar-refractivity contribution in [1.82, 2.24) is 0 Å². The minimum absolute atomic E-state index is 0. The van der Waals surface area contributed by atoms with Crippen LogP contribution in [0.2, 0.25) is 0 Å². The molecular formula is C24H22Cl2Zr. The van der Waals surface area contributed by atoms with Gasteiger partial charge in [0.25, 0.3) is 0 Å². The van der Waals surface area contributed by atoms with Gasteiger partial charge < -0.3 is 24.8 Å². The van der Waals surface area contributed by atoms with Crippen molar-refractivity contribution < 1.29 is 48.0 Å². The zero-order valence-corrected chi connectivity index (χ0v) is 19.1. The second kappa shape index (κ2) is 7.66. The fraction of sp³-hybridized carbons (Fsp3) is 0.333. The maximum atomic E-state index is 2.57. The molecule has 4 aliphatic rings. The van der Waals surface area contributed by atoms with Crippen molar-refractivity contribution in [3.8, 4) is 0 Å². The van der Waals surface area contributed by atoms with E-state index >= 15 is 0 Å². The molecule has 0 radical (unpaired) electrons.